The Hall–Kier alpha value is -0.930. The standard InChI is InChI=1S/C13H16FNS/c1-8(2)13-10-6-9(14)4-5-11(10)16-12(13)7-15-3/h4-6,8,15H,7H2,1-3H3. The fourth-order valence-electron chi connectivity index (χ4n) is 2.06. The number of thiophene rings is 1. The molecule has 0 bridgehead atoms. The molecule has 1 heterocycles. The van der Waals surface area contributed by atoms with Gasteiger partial charge in [-0.2, -0.15) is 0 Å². The van der Waals surface area contributed by atoms with Crippen molar-refractivity contribution in [2.75, 3.05) is 7.05 Å². The lowest BCUT2D eigenvalue weighted by Crippen LogP contribution is -2.05. The summed E-state index contributed by atoms with van der Waals surface area (Å²) in [5.74, 6) is 0.280. The summed E-state index contributed by atoms with van der Waals surface area (Å²) in [4.78, 5) is 1.32. The van der Waals surface area contributed by atoms with Crippen LogP contribution in [0.3, 0.4) is 0 Å². The van der Waals surface area contributed by atoms with E-state index in [4.69, 9.17) is 0 Å². The number of rotatable bonds is 3. The van der Waals surface area contributed by atoms with Crippen LogP contribution >= 0.6 is 11.3 Å². The normalized spacial score (nSPS) is 11.6. The first kappa shape index (κ1) is 11.6. The molecular weight excluding hydrogens is 221 g/mol. The van der Waals surface area contributed by atoms with E-state index in [1.165, 1.54) is 21.2 Å². The fraction of sp³-hybridized carbons (Fsp3) is 0.385. The highest BCUT2D eigenvalue weighted by molar-refractivity contribution is 7.19. The van der Waals surface area contributed by atoms with Crippen molar-refractivity contribution in [3.8, 4) is 0 Å². The number of hydrogen-bond donors (Lipinski definition) is 1. The molecule has 0 radical (unpaired) electrons. The first-order valence-corrected chi connectivity index (χ1v) is 6.30. The van der Waals surface area contributed by atoms with Gasteiger partial charge in [0.2, 0.25) is 0 Å². The van der Waals surface area contributed by atoms with Crippen LogP contribution < -0.4 is 5.32 Å². The second-order valence-electron chi connectivity index (χ2n) is 4.26. The van der Waals surface area contributed by atoms with E-state index in [0.717, 1.165) is 11.9 Å². The molecule has 0 saturated heterocycles. The Kier molecular flexibility index (Phi) is 3.26. The van der Waals surface area contributed by atoms with Crippen LogP contribution in [0.25, 0.3) is 10.1 Å². The van der Waals surface area contributed by atoms with Gasteiger partial charge in [-0.05, 0) is 42.1 Å². The van der Waals surface area contributed by atoms with Crippen LogP contribution in [0.1, 0.15) is 30.2 Å². The third kappa shape index (κ3) is 1.97. The molecule has 0 atom stereocenters. The van der Waals surface area contributed by atoms with Crippen molar-refractivity contribution in [1.29, 1.82) is 0 Å². The zero-order valence-electron chi connectivity index (χ0n) is 9.80. The molecule has 1 aromatic carbocycles. The Bertz CT molecular complexity index is 502. The van der Waals surface area contributed by atoms with E-state index in [-0.39, 0.29) is 5.82 Å². The number of halogens is 1. The van der Waals surface area contributed by atoms with Crippen LogP contribution in [0.2, 0.25) is 0 Å². The van der Waals surface area contributed by atoms with Crippen LogP contribution in [-0.2, 0) is 6.54 Å². The SMILES string of the molecule is CNCc1sc2ccc(F)cc2c1C(C)C. The summed E-state index contributed by atoms with van der Waals surface area (Å²) < 4.78 is 14.4. The summed E-state index contributed by atoms with van der Waals surface area (Å²) in [6.07, 6.45) is 0. The summed E-state index contributed by atoms with van der Waals surface area (Å²) in [5.41, 5.74) is 1.29. The maximum atomic E-state index is 13.3. The smallest absolute Gasteiger partial charge is 0.123 e. The highest BCUT2D eigenvalue weighted by Crippen LogP contribution is 2.36. The molecule has 1 nitrogen and oxygen atoms in total. The average Bonchev–Trinajstić information content (AvgIpc) is 2.55. The van der Waals surface area contributed by atoms with Gasteiger partial charge in [-0.3, -0.25) is 0 Å². The fourth-order valence-corrected chi connectivity index (χ4v) is 3.42. The van der Waals surface area contributed by atoms with Gasteiger partial charge in [0.25, 0.3) is 0 Å². The lowest BCUT2D eigenvalue weighted by Gasteiger charge is -2.07. The third-order valence-electron chi connectivity index (χ3n) is 2.68. The molecule has 0 unspecified atom stereocenters. The van der Waals surface area contributed by atoms with Crippen molar-refractivity contribution < 1.29 is 4.39 Å². The second kappa shape index (κ2) is 4.52. The van der Waals surface area contributed by atoms with Gasteiger partial charge in [0.05, 0.1) is 0 Å². The lowest BCUT2D eigenvalue weighted by atomic mass is 9.99. The molecule has 16 heavy (non-hydrogen) atoms. The summed E-state index contributed by atoms with van der Waals surface area (Å²) in [7, 11) is 1.94. The molecule has 0 saturated carbocycles. The first-order chi connectivity index (χ1) is 7.63. The van der Waals surface area contributed by atoms with Gasteiger partial charge in [0.15, 0.2) is 0 Å². The van der Waals surface area contributed by atoms with Crippen molar-refractivity contribution in [3.05, 3.63) is 34.5 Å². The molecule has 3 heteroatoms. The van der Waals surface area contributed by atoms with Gasteiger partial charge in [-0.25, -0.2) is 4.39 Å². The Labute approximate surface area is 99.3 Å². The molecule has 2 aromatic rings. The molecule has 86 valence electrons. The van der Waals surface area contributed by atoms with Crippen molar-refractivity contribution in [2.24, 2.45) is 0 Å². The van der Waals surface area contributed by atoms with E-state index in [1.807, 2.05) is 13.1 Å². The average molecular weight is 237 g/mol. The zero-order chi connectivity index (χ0) is 11.7. The molecule has 1 N–H and O–H groups in total. The van der Waals surface area contributed by atoms with E-state index < -0.39 is 0 Å². The van der Waals surface area contributed by atoms with Gasteiger partial charge in [-0.15, -0.1) is 11.3 Å². The number of benzene rings is 1. The van der Waals surface area contributed by atoms with Crippen molar-refractivity contribution in [2.45, 2.75) is 26.3 Å². The quantitative estimate of drug-likeness (QED) is 0.854. The van der Waals surface area contributed by atoms with Gasteiger partial charge in [0, 0.05) is 16.1 Å². The van der Waals surface area contributed by atoms with Gasteiger partial charge in [0.1, 0.15) is 5.82 Å². The van der Waals surface area contributed by atoms with E-state index in [0.29, 0.717) is 5.92 Å². The molecule has 0 aliphatic rings. The van der Waals surface area contributed by atoms with Crippen molar-refractivity contribution >= 4 is 21.4 Å². The topological polar surface area (TPSA) is 12.0 Å². The van der Waals surface area contributed by atoms with Crippen LogP contribution in [0.5, 0.6) is 0 Å². The molecular formula is C13H16FNS. The maximum Gasteiger partial charge on any atom is 0.123 e. The molecule has 0 aliphatic carbocycles. The van der Waals surface area contributed by atoms with Gasteiger partial charge in [-0.1, -0.05) is 13.8 Å². The molecule has 0 spiro atoms. The number of nitrogens with one attached hydrogen (secondary N) is 1. The first-order valence-electron chi connectivity index (χ1n) is 5.49. The summed E-state index contributed by atoms with van der Waals surface area (Å²) in [6.45, 7) is 5.17. The largest absolute Gasteiger partial charge is 0.315 e. The van der Waals surface area contributed by atoms with Crippen LogP contribution in [0.4, 0.5) is 4.39 Å². The maximum absolute atomic E-state index is 13.3. The van der Waals surface area contributed by atoms with E-state index in [2.05, 4.69) is 19.2 Å². The van der Waals surface area contributed by atoms with Crippen LogP contribution in [0.15, 0.2) is 18.2 Å². The minimum absolute atomic E-state index is 0.150. The highest BCUT2D eigenvalue weighted by atomic mass is 32.1. The Morgan fingerprint density at radius 1 is 1.38 bits per heavy atom. The number of hydrogen-bond acceptors (Lipinski definition) is 2. The minimum Gasteiger partial charge on any atom is -0.315 e. The Balaban J connectivity index is 2.67. The predicted molar refractivity (Wildman–Crippen MR) is 68.6 cm³/mol. The zero-order valence-corrected chi connectivity index (χ0v) is 10.6. The minimum atomic E-state index is -0.150. The second-order valence-corrected chi connectivity index (χ2v) is 5.40. The summed E-state index contributed by atoms with van der Waals surface area (Å²) in [6, 6.07) is 5.06. The van der Waals surface area contributed by atoms with Crippen LogP contribution in [0, 0.1) is 5.82 Å². The number of fused-ring (bicyclic) bond motifs is 1. The molecule has 0 fully saturated rings. The monoisotopic (exact) mass is 237 g/mol. The predicted octanol–water partition coefficient (Wildman–Crippen LogP) is 3.88. The third-order valence-corrected chi connectivity index (χ3v) is 3.87. The molecule has 1 aromatic heterocycles. The lowest BCUT2D eigenvalue weighted by molar-refractivity contribution is 0.629. The molecule has 0 aliphatic heterocycles. The van der Waals surface area contributed by atoms with E-state index in [1.54, 1.807) is 17.4 Å². The Morgan fingerprint density at radius 2 is 2.12 bits per heavy atom. The van der Waals surface area contributed by atoms with E-state index >= 15 is 0 Å². The molecule has 0 amide bonds. The van der Waals surface area contributed by atoms with Crippen LogP contribution in [-0.4, -0.2) is 7.05 Å². The van der Waals surface area contributed by atoms with Gasteiger partial charge < -0.3 is 5.32 Å². The summed E-state index contributed by atoms with van der Waals surface area (Å²) >= 11 is 1.76. The van der Waals surface area contributed by atoms with Crippen molar-refractivity contribution in [3.63, 3.8) is 0 Å². The van der Waals surface area contributed by atoms with E-state index in [9.17, 15) is 4.39 Å². The summed E-state index contributed by atoms with van der Waals surface area (Å²) in [5, 5.41) is 4.25. The Morgan fingerprint density at radius 3 is 2.75 bits per heavy atom. The highest BCUT2D eigenvalue weighted by Gasteiger charge is 2.14. The van der Waals surface area contributed by atoms with Crippen molar-refractivity contribution in [1.82, 2.24) is 5.32 Å². The molecule has 2 rings (SSSR count). The van der Waals surface area contributed by atoms with Gasteiger partial charge >= 0.3 is 0 Å².